The van der Waals surface area contributed by atoms with Crippen LogP contribution in [0.4, 0.5) is 5.69 Å². The number of aromatic nitrogens is 2. The minimum Gasteiger partial charge on any atom is -0.339 e. The first-order valence-corrected chi connectivity index (χ1v) is 10.4. The molecule has 2 amide bonds. The van der Waals surface area contributed by atoms with Crippen molar-refractivity contribution in [2.75, 3.05) is 18.4 Å². The lowest BCUT2D eigenvalue weighted by atomic mass is 10.1. The van der Waals surface area contributed by atoms with E-state index in [-0.39, 0.29) is 11.8 Å². The van der Waals surface area contributed by atoms with Gasteiger partial charge in [0.25, 0.3) is 11.8 Å². The van der Waals surface area contributed by atoms with E-state index >= 15 is 0 Å². The molecule has 0 fully saturated rings. The van der Waals surface area contributed by atoms with E-state index in [1.165, 1.54) is 0 Å². The Kier molecular flexibility index (Phi) is 6.90. The molecule has 3 rings (SSSR count). The first kappa shape index (κ1) is 21.6. The van der Waals surface area contributed by atoms with Crippen LogP contribution in [0.3, 0.4) is 0 Å². The molecule has 0 radical (unpaired) electrons. The van der Waals surface area contributed by atoms with Gasteiger partial charge in [-0.25, -0.2) is 4.68 Å². The summed E-state index contributed by atoms with van der Waals surface area (Å²) < 4.78 is 1.77. The molecule has 1 aromatic heterocycles. The molecule has 30 heavy (non-hydrogen) atoms. The van der Waals surface area contributed by atoms with Crippen LogP contribution in [0.2, 0.25) is 5.02 Å². The van der Waals surface area contributed by atoms with Gasteiger partial charge in [0, 0.05) is 18.8 Å². The molecule has 1 heterocycles. The van der Waals surface area contributed by atoms with Crippen molar-refractivity contribution in [1.29, 1.82) is 0 Å². The van der Waals surface area contributed by atoms with Gasteiger partial charge >= 0.3 is 0 Å². The molecule has 0 aliphatic rings. The van der Waals surface area contributed by atoms with Crippen molar-refractivity contribution in [3.05, 3.63) is 76.6 Å². The normalized spacial score (nSPS) is 10.7. The van der Waals surface area contributed by atoms with Crippen LogP contribution in [-0.2, 0) is 6.42 Å². The average Bonchev–Trinajstić information content (AvgIpc) is 3.19. The molecule has 1 N–H and O–H groups in total. The van der Waals surface area contributed by atoms with Crippen molar-refractivity contribution in [1.82, 2.24) is 14.7 Å². The summed E-state index contributed by atoms with van der Waals surface area (Å²) >= 11 is 6.34. The van der Waals surface area contributed by atoms with Crippen molar-refractivity contribution in [3.8, 4) is 5.69 Å². The van der Waals surface area contributed by atoms with Crippen LogP contribution < -0.4 is 5.32 Å². The second-order valence-electron chi connectivity index (χ2n) is 6.73. The van der Waals surface area contributed by atoms with Crippen molar-refractivity contribution < 1.29 is 9.59 Å². The summed E-state index contributed by atoms with van der Waals surface area (Å²) in [4.78, 5) is 27.1. The Hall–Kier alpha value is -3.12. The molecule has 0 aliphatic carbocycles. The molecule has 7 heteroatoms. The number of nitrogens with zero attached hydrogens (tertiary/aromatic N) is 3. The maximum atomic E-state index is 12.9. The lowest BCUT2D eigenvalue weighted by Crippen LogP contribution is -2.30. The van der Waals surface area contributed by atoms with Crippen molar-refractivity contribution in [3.63, 3.8) is 0 Å². The number of amides is 2. The molecule has 3 aromatic rings. The Morgan fingerprint density at radius 1 is 1.03 bits per heavy atom. The minimum atomic E-state index is -0.270. The van der Waals surface area contributed by atoms with Crippen LogP contribution in [-0.4, -0.2) is 39.6 Å². The Morgan fingerprint density at radius 3 is 2.33 bits per heavy atom. The highest BCUT2D eigenvalue weighted by Crippen LogP contribution is 2.24. The number of rotatable bonds is 7. The Morgan fingerprint density at radius 2 is 1.73 bits per heavy atom. The summed E-state index contributed by atoms with van der Waals surface area (Å²) in [6, 6.07) is 14.6. The van der Waals surface area contributed by atoms with Crippen molar-refractivity contribution in [2.45, 2.75) is 27.2 Å². The van der Waals surface area contributed by atoms with E-state index in [1.54, 1.807) is 34.0 Å². The smallest absolute Gasteiger partial charge is 0.259 e. The Labute approximate surface area is 181 Å². The van der Waals surface area contributed by atoms with Gasteiger partial charge in [-0.2, -0.15) is 5.10 Å². The Bertz CT molecular complexity index is 1040. The molecule has 156 valence electrons. The quantitative estimate of drug-likeness (QED) is 0.591. The van der Waals surface area contributed by atoms with Crippen LogP contribution in [0, 0.1) is 0 Å². The molecule has 0 bridgehead atoms. The van der Waals surface area contributed by atoms with Gasteiger partial charge in [-0.15, -0.1) is 0 Å². The fourth-order valence-corrected chi connectivity index (χ4v) is 3.60. The molecule has 0 saturated carbocycles. The van der Waals surface area contributed by atoms with Gasteiger partial charge in [0.1, 0.15) is 0 Å². The van der Waals surface area contributed by atoms with Crippen LogP contribution in [0.5, 0.6) is 0 Å². The van der Waals surface area contributed by atoms with E-state index < -0.39 is 0 Å². The fraction of sp³-hybridized carbons (Fsp3) is 0.261. The van der Waals surface area contributed by atoms with Gasteiger partial charge in [-0.05, 0) is 50.6 Å². The SMILES string of the molecule is CCc1c(C(=O)Nc2ccc(C(=O)N(CC)CC)c(Cl)c2)cnn1-c1ccccc1. The number of anilines is 1. The number of para-hydroxylation sites is 1. The summed E-state index contributed by atoms with van der Waals surface area (Å²) in [6.07, 6.45) is 2.22. The summed E-state index contributed by atoms with van der Waals surface area (Å²) in [7, 11) is 0. The van der Waals surface area contributed by atoms with Gasteiger partial charge < -0.3 is 10.2 Å². The third-order valence-corrected chi connectivity index (χ3v) is 5.27. The van der Waals surface area contributed by atoms with E-state index in [2.05, 4.69) is 10.4 Å². The molecule has 0 aliphatic heterocycles. The van der Waals surface area contributed by atoms with E-state index in [1.807, 2.05) is 51.1 Å². The summed E-state index contributed by atoms with van der Waals surface area (Å²) in [5.41, 5.74) is 3.16. The van der Waals surface area contributed by atoms with Crippen LogP contribution in [0.25, 0.3) is 5.69 Å². The third kappa shape index (κ3) is 4.39. The molecule has 0 spiro atoms. The first-order chi connectivity index (χ1) is 14.5. The standard InChI is InChI=1S/C23H25ClN4O2/c1-4-21-19(15-25-28(21)17-10-8-7-9-11-17)22(29)26-16-12-13-18(20(24)14-16)23(30)27(5-2)6-3/h7-15H,4-6H2,1-3H3,(H,26,29). The second kappa shape index (κ2) is 9.59. The van der Waals surface area contributed by atoms with E-state index in [9.17, 15) is 9.59 Å². The number of nitrogens with one attached hydrogen (secondary N) is 1. The molecule has 2 aromatic carbocycles. The van der Waals surface area contributed by atoms with E-state index in [4.69, 9.17) is 11.6 Å². The average molecular weight is 425 g/mol. The largest absolute Gasteiger partial charge is 0.339 e. The molecule has 0 unspecified atom stereocenters. The zero-order valence-corrected chi connectivity index (χ0v) is 18.1. The van der Waals surface area contributed by atoms with Gasteiger partial charge in [0.2, 0.25) is 0 Å². The van der Waals surface area contributed by atoms with Crippen LogP contribution >= 0.6 is 11.6 Å². The monoisotopic (exact) mass is 424 g/mol. The van der Waals surface area contributed by atoms with E-state index in [0.717, 1.165) is 11.4 Å². The number of halogens is 1. The molecule has 0 atom stereocenters. The highest BCUT2D eigenvalue weighted by Gasteiger charge is 2.19. The predicted molar refractivity (Wildman–Crippen MR) is 120 cm³/mol. The summed E-state index contributed by atoms with van der Waals surface area (Å²) in [5.74, 6) is -0.395. The topological polar surface area (TPSA) is 67.2 Å². The number of carbonyl (C=O) groups is 2. The Balaban J connectivity index is 1.82. The summed E-state index contributed by atoms with van der Waals surface area (Å²) in [5, 5.41) is 7.56. The maximum absolute atomic E-state index is 12.9. The fourth-order valence-electron chi connectivity index (χ4n) is 3.34. The van der Waals surface area contributed by atoms with Gasteiger partial charge in [0.05, 0.1) is 33.7 Å². The lowest BCUT2D eigenvalue weighted by Gasteiger charge is -2.19. The van der Waals surface area contributed by atoms with Gasteiger partial charge in [-0.1, -0.05) is 36.7 Å². The van der Waals surface area contributed by atoms with Gasteiger partial charge in [-0.3, -0.25) is 9.59 Å². The molecule has 0 saturated heterocycles. The predicted octanol–water partition coefficient (Wildman–Crippen LogP) is 4.82. The maximum Gasteiger partial charge on any atom is 0.259 e. The zero-order chi connectivity index (χ0) is 21.7. The van der Waals surface area contributed by atoms with Crippen molar-refractivity contribution in [2.24, 2.45) is 0 Å². The van der Waals surface area contributed by atoms with Gasteiger partial charge in [0.15, 0.2) is 0 Å². The minimum absolute atomic E-state index is 0.125. The molecular formula is C23H25ClN4O2. The van der Waals surface area contributed by atoms with E-state index in [0.29, 0.717) is 41.3 Å². The number of hydrogen-bond acceptors (Lipinski definition) is 3. The number of carbonyl (C=O) groups excluding carboxylic acids is 2. The lowest BCUT2D eigenvalue weighted by molar-refractivity contribution is 0.0773. The van der Waals surface area contributed by atoms with Crippen molar-refractivity contribution >= 4 is 29.1 Å². The van der Waals surface area contributed by atoms with Crippen LogP contribution in [0.15, 0.2) is 54.7 Å². The number of hydrogen-bond donors (Lipinski definition) is 1. The molecular weight excluding hydrogens is 400 g/mol. The third-order valence-electron chi connectivity index (χ3n) is 4.96. The highest BCUT2D eigenvalue weighted by molar-refractivity contribution is 6.34. The second-order valence-corrected chi connectivity index (χ2v) is 7.14. The first-order valence-electron chi connectivity index (χ1n) is 10.0. The summed E-state index contributed by atoms with van der Waals surface area (Å²) in [6.45, 7) is 7.04. The highest BCUT2D eigenvalue weighted by atomic mass is 35.5. The zero-order valence-electron chi connectivity index (χ0n) is 17.4. The molecule has 6 nitrogen and oxygen atoms in total. The number of benzene rings is 2. The van der Waals surface area contributed by atoms with Crippen LogP contribution in [0.1, 0.15) is 47.2 Å².